The molecule has 0 atom stereocenters. The van der Waals surface area contributed by atoms with Crippen LogP contribution in [0.5, 0.6) is 0 Å². The van der Waals surface area contributed by atoms with Gasteiger partial charge < -0.3 is 16.6 Å². The number of carboxylic acid groups (broad SMARTS) is 1. The Labute approximate surface area is 182 Å². The van der Waals surface area contributed by atoms with E-state index in [0.29, 0.717) is 26.9 Å². The molecule has 0 aliphatic heterocycles. The first-order valence-corrected chi connectivity index (χ1v) is 10.5. The number of nitrogens with two attached hydrogens (primary N) is 2. The first-order valence-electron chi connectivity index (χ1n) is 7.87. The summed E-state index contributed by atoms with van der Waals surface area (Å²) in [5.41, 5.74) is 13.3. The molecule has 0 unspecified atom stereocenters. The van der Waals surface area contributed by atoms with Gasteiger partial charge in [-0.05, 0) is 18.2 Å². The molecule has 2 heterocycles. The molecule has 1 aromatic carbocycles. The van der Waals surface area contributed by atoms with Gasteiger partial charge in [0, 0.05) is 29.0 Å². The predicted octanol–water partition coefficient (Wildman–Crippen LogP) is 2.18. The number of benzene rings is 1. The largest absolute Gasteiger partial charge is 0.490 e. The third kappa shape index (κ3) is 5.52. The summed E-state index contributed by atoms with van der Waals surface area (Å²) in [6, 6.07) is 4.89. The highest BCUT2D eigenvalue weighted by Gasteiger charge is 2.38. The molecule has 0 saturated heterocycles. The van der Waals surface area contributed by atoms with Gasteiger partial charge in [-0.3, -0.25) is 0 Å². The van der Waals surface area contributed by atoms with E-state index in [1.54, 1.807) is 18.2 Å². The van der Waals surface area contributed by atoms with E-state index in [-0.39, 0.29) is 23.3 Å². The smallest absolute Gasteiger partial charge is 0.475 e. The topological polar surface area (TPSA) is 167 Å². The second kappa shape index (κ2) is 8.82. The van der Waals surface area contributed by atoms with Gasteiger partial charge in [-0.15, -0.1) is 5.10 Å². The zero-order valence-electron chi connectivity index (χ0n) is 15.4. The molecule has 31 heavy (non-hydrogen) atoms. The Bertz CT molecular complexity index is 1260. The zero-order valence-corrected chi connectivity index (χ0v) is 17.7. The number of alkyl halides is 3. The van der Waals surface area contributed by atoms with E-state index in [1.165, 1.54) is 0 Å². The first-order chi connectivity index (χ1) is 14.2. The maximum Gasteiger partial charge on any atom is 0.490 e. The Morgan fingerprint density at radius 3 is 2.29 bits per heavy atom. The van der Waals surface area contributed by atoms with Crippen LogP contribution in [0.4, 0.5) is 19.0 Å². The van der Waals surface area contributed by atoms with Crippen molar-refractivity contribution in [2.45, 2.75) is 17.9 Å². The minimum Gasteiger partial charge on any atom is -0.475 e. The molecular weight excluding hydrogens is 488 g/mol. The zero-order chi connectivity index (χ0) is 23.7. The summed E-state index contributed by atoms with van der Waals surface area (Å²) >= 11 is 12.1. The second-order valence-corrected chi connectivity index (χ2v) is 8.59. The van der Waals surface area contributed by atoms with Crippen LogP contribution in [0.25, 0.3) is 17.0 Å². The van der Waals surface area contributed by atoms with E-state index in [0.717, 1.165) is 10.8 Å². The van der Waals surface area contributed by atoms with Crippen LogP contribution < -0.4 is 11.5 Å². The molecule has 0 radical (unpaired) electrons. The highest BCUT2D eigenvalue weighted by atomic mass is 35.5. The summed E-state index contributed by atoms with van der Waals surface area (Å²) in [6.45, 7) is 0.0527. The van der Waals surface area contributed by atoms with Gasteiger partial charge in [-0.1, -0.05) is 23.2 Å². The van der Waals surface area contributed by atoms with Gasteiger partial charge in [0.25, 0.3) is 10.9 Å². The van der Waals surface area contributed by atoms with Crippen LogP contribution >= 0.6 is 23.2 Å². The lowest BCUT2D eigenvalue weighted by Crippen LogP contribution is -2.21. The van der Waals surface area contributed by atoms with E-state index in [9.17, 15) is 21.6 Å². The summed E-state index contributed by atoms with van der Waals surface area (Å²) in [7, 11) is -3.61. The number of hydrogen-bond donors (Lipinski definition) is 3. The SMILES string of the molecule is CS(=O)(=O)c1nc2nc(-c3ccc(Cl)cc3Cl)c(CN)c(N)n2n1.O=C(O)C(F)(F)F. The lowest BCUT2D eigenvalue weighted by molar-refractivity contribution is -0.192. The molecule has 2 aromatic heterocycles. The Morgan fingerprint density at radius 1 is 1.26 bits per heavy atom. The number of anilines is 1. The average Bonchev–Trinajstić information content (AvgIpc) is 3.06. The number of aliphatic carboxylic acids is 1. The molecule has 10 nitrogen and oxygen atoms in total. The number of carbonyl (C=O) groups is 1. The lowest BCUT2D eigenvalue weighted by Gasteiger charge is -2.12. The van der Waals surface area contributed by atoms with Gasteiger partial charge in [0.05, 0.1) is 10.7 Å². The quantitative estimate of drug-likeness (QED) is 0.487. The second-order valence-electron chi connectivity index (χ2n) is 5.83. The van der Waals surface area contributed by atoms with Crippen LogP contribution in [-0.2, 0) is 21.2 Å². The van der Waals surface area contributed by atoms with Crippen molar-refractivity contribution >= 4 is 50.6 Å². The van der Waals surface area contributed by atoms with Crippen molar-refractivity contribution in [3.8, 4) is 11.3 Å². The molecule has 0 fully saturated rings. The molecule has 3 rings (SSSR count). The minimum absolute atomic E-state index is 0.0335. The minimum atomic E-state index is -5.08. The van der Waals surface area contributed by atoms with Crippen molar-refractivity contribution in [3.63, 3.8) is 0 Å². The number of nitrogen functional groups attached to an aromatic ring is 1. The van der Waals surface area contributed by atoms with Gasteiger partial charge in [-0.2, -0.15) is 22.7 Å². The van der Waals surface area contributed by atoms with Gasteiger partial charge in [-0.25, -0.2) is 18.2 Å². The standard InChI is InChI=1S/C13H12Cl2N6O2S.C2HF3O2/c1-24(22,23)13-19-12-18-10(7-3-2-6(14)4-9(7)15)8(5-16)11(17)21(12)20-13;3-2(4,5)1(6)7/h2-4H,5,16-17H2,1H3;(H,6,7). The fourth-order valence-corrected chi connectivity index (χ4v) is 3.17. The van der Waals surface area contributed by atoms with Gasteiger partial charge in [0.15, 0.2) is 0 Å². The number of hydrogen-bond acceptors (Lipinski definition) is 8. The van der Waals surface area contributed by atoms with Crippen molar-refractivity contribution in [2.75, 3.05) is 12.0 Å². The molecule has 0 spiro atoms. The van der Waals surface area contributed by atoms with E-state index < -0.39 is 22.0 Å². The number of aromatic nitrogens is 4. The van der Waals surface area contributed by atoms with E-state index in [1.807, 2.05) is 0 Å². The molecule has 0 bridgehead atoms. The summed E-state index contributed by atoms with van der Waals surface area (Å²) in [5, 5.41) is 11.5. The first kappa shape index (κ1) is 24.6. The van der Waals surface area contributed by atoms with Crippen LogP contribution in [-0.4, -0.2) is 51.5 Å². The maximum atomic E-state index is 11.6. The number of sulfone groups is 1. The summed E-state index contributed by atoms with van der Waals surface area (Å²) in [5.74, 6) is -2.58. The molecule has 0 saturated carbocycles. The Kier molecular flexibility index (Phi) is 7.00. The van der Waals surface area contributed by atoms with Crippen LogP contribution in [0, 0.1) is 0 Å². The van der Waals surface area contributed by atoms with Crippen LogP contribution in [0.2, 0.25) is 10.0 Å². The van der Waals surface area contributed by atoms with Crippen molar-refractivity contribution < 1.29 is 31.5 Å². The van der Waals surface area contributed by atoms with Crippen molar-refractivity contribution in [1.82, 2.24) is 19.6 Å². The Balaban J connectivity index is 0.000000423. The number of nitrogens with zero attached hydrogens (tertiary/aromatic N) is 4. The molecule has 3 aromatic rings. The van der Waals surface area contributed by atoms with Crippen molar-refractivity contribution in [1.29, 1.82) is 0 Å². The molecule has 0 amide bonds. The fraction of sp³-hybridized carbons (Fsp3) is 0.200. The molecule has 0 aliphatic rings. The number of rotatable bonds is 3. The number of fused-ring (bicyclic) bond motifs is 1. The van der Waals surface area contributed by atoms with Crippen molar-refractivity contribution in [3.05, 3.63) is 33.8 Å². The van der Waals surface area contributed by atoms with E-state index in [4.69, 9.17) is 44.6 Å². The molecule has 0 aliphatic carbocycles. The molecule has 5 N–H and O–H groups in total. The summed E-state index contributed by atoms with van der Waals surface area (Å²) < 4.78 is 56.2. The molecule has 16 heteroatoms. The number of halogens is 5. The third-order valence-corrected chi connectivity index (χ3v) is 4.95. The third-order valence-electron chi connectivity index (χ3n) is 3.57. The van der Waals surface area contributed by atoms with Gasteiger partial charge in [0.1, 0.15) is 5.82 Å². The lowest BCUT2D eigenvalue weighted by atomic mass is 10.1. The van der Waals surface area contributed by atoms with Gasteiger partial charge in [0.2, 0.25) is 9.84 Å². The highest BCUT2D eigenvalue weighted by molar-refractivity contribution is 7.90. The monoisotopic (exact) mass is 500 g/mol. The van der Waals surface area contributed by atoms with Crippen LogP contribution in [0.3, 0.4) is 0 Å². The average molecular weight is 501 g/mol. The summed E-state index contributed by atoms with van der Waals surface area (Å²) in [6.07, 6.45) is -4.08. The Hall–Kier alpha value is -2.68. The van der Waals surface area contributed by atoms with Gasteiger partial charge >= 0.3 is 12.1 Å². The van der Waals surface area contributed by atoms with Crippen molar-refractivity contribution in [2.24, 2.45) is 5.73 Å². The molecular formula is C15H13Cl2F3N6O4S. The maximum absolute atomic E-state index is 11.6. The normalized spacial score (nSPS) is 11.8. The van der Waals surface area contributed by atoms with Crippen LogP contribution in [0.1, 0.15) is 5.56 Å². The summed E-state index contributed by atoms with van der Waals surface area (Å²) in [4.78, 5) is 17.2. The number of carboxylic acids is 1. The Morgan fingerprint density at radius 2 is 1.84 bits per heavy atom. The fourth-order valence-electron chi connectivity index (χ4n) is 2.20. The molecule has 168 valence electrons. The predicted molar refractivity (Wildman–Crippen MR) is 105 cm³/mol. The van der Waals surface area contributed by atoms with E-state index in [2.05, 4.69) is 15.1 Å². The van der Waals surface area contributed by atoms with Crippen LogP contribution in [0.15, 0.2) is 23.4 Å². The highest BCUT2D eigenvalue weighted by Crippen LogP contribution is 2.33. The van der Waals surface area contributed by atoms with E-state index >= 15 is 0 Å².